The van der Waals surface area contributed by atoms with Crippen LogP contribution in [0.5, 0.6) is 11.6 Å². The molecule has 2 rings (SSSR count). The molecule has 16 heavy (non-hydrogen) atoms. The number of ether oxygens (including phenoxy) is 1. The third-order valence-electron chi connectivity index (χ3n) is 1.96. The van der Waals surface area contributed by atoms with Gasteiger partial charge in [0.15, 0.2) is 0 Å². The number of hydrogen-bond acceptors (Lipinski definition) is 5. The van der Waals surface area contributed by atoms with Crippen LogP contribution in [-0.2, 0) is 6.61 Å². The van der Waals surface area contributed by atoms with Crippen LogP contribution >= 0.6 is 0 Å². The van der Waals surface area contributed by atoms with Gasteiger partial charge in [0.2, 0.25) is 5.88 Å². The SMILES string of the molecule is Nc1cncc(Oc2ccc(CO)cc2)n1. The van der Waals surface area contributed by atoms with E-state index in [2.05, 4.69) is 9.97 Å². The Morgan fingerprint density at radius 2 is 1.94 bits per heavy atom. The number of hydrogen-bond donors (Lipinski definition) is 2. The third-order valence-corrected chi connectivity index (χ3v) is 1.96. The van der Waals surface area contributed by atoms with E-state index in [0.29, 0.717) is 17.4 Å². The van der Waals surface area contributed by atoms with Crippen molar-refractivity contribution < 1.29 is 9.84 Å². The molecule has 0 aliphatic rings. The number of nitrogens with zero attached hydrogens (tertiary/aromatic N) is 2. The van der Waals surface area contributed by atoms with Gasteiger partial charge in [-0.05, 0) is 17.7 Å². The summed E-state index contributed by atoms with van der Waals surface area (Å²) < 4.78 is 5.42. The van der Waals surface area contributed by atoms with E-state index in [4.69, 9.17) is 15.6 Å². The number of benzene rings is 1. The fraction of sp³-hybridized carbons (Fsp3) is 0.0909. The van der Waals surface area contributed by atoms with Crippen molar-refractivity contribution in [3.8, 4) is 11.6 Å². The second-order valence-corrected chi connectivity index (χ2v) is 3.19. The topological polar surface area (TPSA) is 81.3 Å². The Labute approximate surface area is 92.5 Å². The van der Waals surface area contributed by atoms with Crippen LogP contribution in [0.2, 0.25) is 0 Å². The number of aliphatic hydroxyl groups excluding tert-OH is 1. The Balaban J connectivity index is 2.14. The molecule has 0 amide bonds. The van der Waals surface area contributed by atoms with Crippen molar-refractivity contribution in [2.24, 2.45) is 0 Å². The van der Waals surface area contributed by atoms with E-state index in [1.165, 1.54) is 12.4 Å². The molecule has 3 N–H and O–H groups in total. The predicted molar refractivity (Wildman–Crippen MR) is 58.9 cm³/mol. The lowest BCUT2D eigenvalue weighted by atomic mass is 10.2. The van der Waals surface area contributed by atoms with Crippen molar-refractivity contribution in [3.63, 3.8) is 0 Å². The molecule has 0 atom stereocenters. The van der Waals surface area contributed by atoms with Crippen molar-refractivity contribution in [3.05, 3.63) is 42.2 Å². The third kappa shape index (κ3) is 2.46. The monoisotopic (exact) mass is 217 g/mol. The average molecular weight is 217 g/mol. The molecular formula is C11H11N3O2. The Morgan fingerprint density at radius 1 is 1.19 bits per heavy atom. The average Bonchev–Trinajstić information content (AvgIpc) is 2.30. The van der Waals surface area contributed by atoms with Crippen molar-refractivity contribution in [2.75, 3.05) is 5.73 Å². The second kappa shape index (κ2) is 4.59. The molecule has 0 radical (unpaired) electrons. The minimum absolute atomic E-state index is 0.0123. The molecule has 0 aliphatic carbocycles. The van der Waals surface area contributed by atoms with Crippen LogP contribution < -0.4 is 10.5 Å². The van der Waals surface area contributed by atoms with E-state index < -0.39 is 0 Å². The summed E-state index contributed by atoms with van der Waals surface area (Å²) in [5.41, 5.74) is 6.30. The first-order chi connectivity index (χ1) is 7.78. The molecule has 5 heteroatoms. The molecule has 0 aliphatic heterocycles. The first kappa shape index (κ1) is 10.4. The van der Waals surface area contributed by atoms with Crippen molar-refractivity contribution in [1.29, 1.82) is 0 Å². The van der Waals surface area contributed by atoms with Gasteiger partial charge in [-0.15, -0.1) is 0 Å². The summed E-state index contributed by atoms with van der Waals surface area (Å²) in [7, 11) is 0. The van der Waals surface area contributed by atoms with Gasteiger partial charge in [0.1, 0.15) is 11.6 Å². The molecular weight excluding hydrogens is 206 g/mol. The van der Waals surface area contributed by atoms with Gasteiger partial charge in [-0.25, -0.2) is 0 Å². The van der Waals surface area contributed by atoms with Gasteiger partial charge >= 0.3 is 0 Å². The molecule has 1 heterocycles. The molecule has 0 saturated carbocycles. The summed E-state index contributed by atoms with van der Waals surface area (Å²) >= 11 is 0. The van der Waals surface area contributed by atoms with Crippen LogP contribution in [0.4, 0.5) is 5.82 Å². The van der Waals surface area contributed by atoms with Crippen LogP contribution in [0.25, 0.3) is 0 Å². The zero-order valence-corrected chi connectivity index (χ0v) is 8.50. The summed E-state index contributed by atoms with van der Waals surface area (Å²) in [5.74, 6) is 1.28. The maximum Gasteiger partial charge on any atom is 0.239 e. The lowest BCUT2D eigenvalue weighted by Gasteiger charge is -2.04. The molecule has 0 fully saturated rings. The maximum atomic E-state index is 8.87. The summed E-state index contributed by atoms with van der Waals surface area (Å²) in [6, 6.07) is 7.04. The second-order valence-electron chi connectivity index (χ2n) is 3.19. The lowest BCUT2D eigenvalue weighted by Crippen LogP contribution is -1.94. The standard InChI is InChI=1S/C11H11N3O2/c12-10-5-13-6-11(14-10)16-9-3-1-8(7-15)2-4-9/h1-6,15H,7H2,(H2,12,14). The quantitative estimate of drug-likeness (QED) is 0.810. The molecule has 5 nitrogen and oxygen atoms in total. The van der Waals surface area contributed by atoms with Crippen molar-refractivity contribution >= 4 is 5.82 Å². The van der Waals surface area contributed by atoms with Gasteiger partial charge < -0.3 is 15.6 Å². The number of anilines is 1. The summed E-state index contributed by atoms with van der Waals surface area (Å²) in [6.45, 7) is 0.0123. The van der Waals surface area contributed by atoms with Gasteiger partial charge in [-0.1, -0.05) is 12.1 Å². The Bertz CT molecular complexity index is 471. The minimum Gasteiger partial charge on any atom is -0.437 e. The summed E-state index contributed by atoms with van der Waals surface area (Å²) in [6.07, 6.45) is 2.93. The van der Waals surface area contributed by atoms with E-state index >= 15 is 0 Å². The number of aliphatic hydroxyl groups is 1. The normalized spacial score (nSPS) is 10.1. The van der Waals surface area contributed by atoms with Gasteiger partial charge in [-0.2, -0.15) is 4.98 Å². The number of nitrogen functional groups attached to an aromatic ring is 1. The minimum atomic E-state index is 0.0123. The summed E-state index contributed by atoms with van der Waals surface area (Å²) in [5, 5.41) is 8.87. The van der Waals surface area contributed by atoms with Crippen LogP contribution in [0, 0.1) is 0 Å². The number of rotatable bonds is 3. The predicted octanol–water partition coefficient (Wildman–Crippen LogP) is 1.34. The number of nitrogens with two attached hydrogens (primary N) is 1. The zero-order valence-electron chi connectivity index (χ0n) is 8.50. The summed E-state index contributed by atoms with van der Waals surface area (Å²) in [4.78, 5) is 7.82. The molecule has 0 bridgehead atoms. The fourth-order valence-corrected chi connectivity index (χ4v) is 1.20. The van der Waals surface area contributed by atoms with E-state index in [1.807, 2.05) is 0 Å². The molecule has 0 unspecified atom stereocenters. The van der Waals surface area contributed by atoms with E-state index in [9.17, 15) is 0 Å². The Kier molecular flexibility index (Phi) is 2.98. The first-order valence-corrected chi connectivity index (χ1v) is 4.73. The molecule has 82 valence electrons. The van der Waals surface area contributed by atoms with Crippen LogP contribution in [0.3, 0.4) is 0 Å². The van der Waals surface area contributed by atoms with Gasteiger partial charge in [-0.3, -0.25) is 4.98 Å². The Morgan fingerprint density at radius 3 is 2.56 bits per heavy atom. The maximum absolute atomic E-state index is 8.87. The molecule has 1 aromatic carbocycles. The highest BCUT2D eigenvalue weighted by atomic mass is 16.5. The van der Waals surface area contributed by atoms with Gasteiger partial charge in [0.05, 0.1) is 19.0 Å². The van der Waals surface area contributed by atoms with Gasteiger partial charge in [0, 0.05) is 0 Å². The zero-order chi connectivity index (χ0) is 11.4. The smallest absolute Gasteiger partial charge is 0.239 e. The highest BCUT2D eigenvalue weighted by Crippen LogP contribution is 2.19. The van der Waals surface area contributed by atoms with Crippen LogP contribution in [-0.4, -0.2) is 15.1 Å². The van der Waals surface area contributed by atoms with E-state index in [1.54, 1.807) is 24.3 Å². The molecule has 1 aromatic heterocycles. The molecule has 2 aromatic rings. The van der Waals surface area contributed by atoms with Gasteiger partial charge in [0.25, 0.3) is 0 Å². The largest absolute Gasteiger partial charge is 0.437 e. The first-order valence-electron chi connectivity index (χ1n) is 4.73. The molecule has 0 saturated heterocycles. The highest BCUT2D eigenvalue weighted by Gasteiger charge is 1.99. The fourth-order valence-electron chi connectivity index (χ4n) is 1.20. The van der Waals surface area contributed by atoms with Crippen molar-refractivity contribution in [1.82, 2.24) is 9.97 Å². The molecule has 0 spiro atoms. The number of aromatic nitrogens is 2. The Hall–Kier alpha value is -2.14. The van der Waals surface area contributed by atoms with Crippen LogP contribution in [0.1, 0.15) is 5.56 Å². The van der Waals surface area contributed by atoms with E-state index in [-0.39, 0.29) is 6.61 Å². The van der Waals surface area contributed by atoms with E-state index in [0.717, 1.165) is 5.56 Å². The lowest BCUT2D eigenvalue weighted by molar-refractivity contribution is 0.281. The van der Waals surface area contributed by atoms with Crippen molar-refractivity contribution in [2.45, 2.75) is 6.61 Å². The van der Waals surface area contributed by atoms with Crippen LogP contribution in [0.15, 0.2) is 36.7 Å². The highest BCUT2D eigenvalue weighted by molar-refractivity contribution is 5.32.